The summed E-state index contributed by atoms with van der Waals surface area (Å²) < 4.78 is 26.5. The van der Waals surface area contributed by atoms with Crippen LogP contribution in [0, 0.1) is 11.6 Å². The Morgan fingerprint density at radius 1 is 1.25 bits per heavy atom. The first-order valence-electron chi connectivity index (χ1n) is 6.44. The minimum absolute atomic E-state index is 0.179. The molecule has 1 aromatic carbocycles. The number of rotatable bonds is 3. The highest BCUT2D eigenvalue weighted by Crippen LogP contribution is 2.35. The van der Waals surface area contributed by atoms with Gasteiger partial charge >= 0.3 is 0 Å². The third-order valence-electron chi connectivity index (χ3n) is 3.40. The van der Waals surface area contributed by atoms with Crippen molar-refractivity contribution in [2.24, 2.45) is 0 Å². The summed E-state index contributed by atoms with van der Waals surface area (Å²) in [7, 11) is 0. The topological polar surface area (TPSA) is 20.2 Å². The van der Waals surface area contributed by atoms with Gasteiger partial charge in [-0.05, 0) is 35.4 Å². The lowest BCUT2D eigenvalue weighted by Gasteiger charge is -2.09. The summed E-state index contributed by atoms with van der Waals surface area (Å²) >= 11 is 3.51. The van der Waals surface area contributed by atoms with E-state index in [1.165, 1.54) is 22.6 Å². The van der Waals surface area contributed by atoms with Crippen LogP contribution in [0.1, 0.15) is 27.0 Å². The van der Waals surface area contributed by atoms with Crippen LogP contribution in [0.3, 0.4) is 0 Å². The zero-order valence-electron chi connectivity index (χ0n) is 10.7. The maximum atomic E-state index is 13.6. The fourth-order valence-electron chi connectivity index (χ4n) is 2.33. The maximum absolute atomic E-state index is 13.6. The monoisotopic (exact) mass is 312 g/mol. The molecule has 2 heterocycles. The smallest absolute Gasteiger partial charge is 0.129 e. The van der Waals surface area contributed by atoms with Crippen molar-refractivity contribution in [2.75, 3.05) is 5.75 Å². The molecular weight excluding hydrogens is 298 g/mol. The molecule has 1 aliphatic heterocycles. The predicted octanol–water partition coefficient (Wildman–Crippen LogP) is 4.09. The van der Waals surface area contributed by atoms with Crippen molar-refractivity contribution in [3.05, 3.63) is 56.8 Å². The molecule has 1 unspecified atom stereocenters. The average molecular weight is 312 g/mol. The van der Waals surface area contributed by atoms with Crippen molar-refractivity contribution in [1.29, 1.82) is 0 Å². The predicted molar refractivity (Wildman–Crippen MR) is 79.2 cm³/mol. The molecule has 0 saturated heterocycles. The van der Waals surface area contributed by atoms with Crippen LogP contribution in [0.2, 0.25) is 0 Å². The van der Waals surface area contributed by atoms with E-state index in [1.54, 1.807) is 11.3 Å². The fraction of sp³-hybridized carbons (Fsp3) is 0.333. The molecule has 0 aliphatic carbocycles. The van der Waals surface area contributed by atoms with E-state index in [9.17, 15) is 13.9 Å². The molecule has 3 rings (SSSR count). The van der Waals surface area contributed by atoms with Crippen molar-refractivity contribution in [3.63, 3.8) is 0 Å². The van der Waals surface area contributed by atoms with Crippen molar-refractivity contribution in [2.45, 2.75) is 24.7 Å². The number of fused-ring (bicyclic) bond motifs is 1. The molecule has 0 saturated carbocycles. The van der Waals surface area contributed by atoms with E-state index in [-0.39, 0.29) is 6.42 Å². The minimum Gasteiger partial charge on any atom is -0.387 e. The van der Waals surface area contributed by atoms with Crippen molar-refractivity contribution < 1.29 is 13.9 Å². The van der Waals surface area contributed by atoms with E-state index in [1.807, 2.05) is 17.8 Å². The molecule has 0 bridgehead atoms. The first-order valence-corrected chi connectivity index (χ1v) is 8.42. The molecule has 1 atom stereocenters. The number of thiophene rings is 1. The molecule has 1 aromatic heterocycles. The second kappa shape index (κ2) is 5.84. The largest absolute Gasteiger partial charge is 0.387 e. The Kier molecular flexibility index (Phi) is 4.10. The molecule has 0 spiro atoms. The van der Waals surface area contributed by atoms with Gasteiger partial charge in [0.15, 0.2) is 0 Å². The van der Waals surface area contributed by atoms with Crippen LogP contribution in [0.4, 0.5) is 8.78 Å². The molecule has 0 radical (unpaired) electrons. The molecular formula is C15H14F2OS2. The lowest BCUT2D eigenvalue weighted by atomic mass is 10.1. The summed E-state index contributed by atoms with van der Waals surface area (Å²) in [5.41, 5.74) is 1.64. The molecule has 20 heavy (non-hydrogen) atoms. The number of hydrogen-bond acceptors (Lipinski definition) is 3. The lowest BCUT2D eigenvalue weighted by Crippen LogP contribution is -2.02. The van der Waals surface area contributed by atoms with E-state index < -0.39 is 17.7 Å². The molecule has 5 heteroatoms. The third kappa shape index (κ3) is 2.90. The Morgan fingerprint density at radius 2 is 2.10 bits per heavy atom. The zero-order valence-corrected chi connectivity index (χ0v) is 12.4. The van der Waals surface area contributed by atoms with Crippen LogP contribution in [-0.2, 0) is 18.6 Å². The Labute approximate surface area is 124 Å². The number of aryl methyl sites for hydroxylation is 1. The Balaban J connectivity index is 1.78. The number of aliphatic hydroxyl groups excluding tert-OH is 1. The number of hydrogen-bond donors (Lipinski definition) is 1. The minimum atomic E-state index is -0.726. The number of aliphatic hydroxyl groups is 1. The highest BCUT2D eigenvalue weighted by Gasteiger charge is 2.19. The molecule has 1 N–H and O–H groups in total. The van der Waals surface area contributed by atoms with E-state index in [2.05, 4.69) is 0 Å². The third-order valence-corrected chi connectivity index (χ3v) is 5.75. The van der Waals surface area contributed by atoms with Crippen molar-refractivity contribution in [1.82, 2.24) is 0 Å². The van der Waals surface area contributed by atoms with Crippen LogP contribution >= 0.6 is 23.1 Å². The van der Waals surface area contributed by atoms with Crippen LogP contribution in [0.25, 0.3) is 0 Å². The highest BCUT2D eigenvalue weighted by molar-refractivity contribution is 7.98. The van der Waals surface area contributed by atoms with Gasteiger partial charge in [-0.1, -0.05) is 6.07 Å². The van der Waals surface area contributed by atoms with E-state index >= 15 is 0 Å². The molecule has 1 aliphatic rings. The molecule has 1 nitrogen and oxygen atoms in total. The molecule has 2 aromatic rings. The van der Waals surface area contributed by atoms with Gasteiger partial charge in [-0.2, -0.15) is 11.8 Å². The van der Waals surface area contributed by atoms with Gasteiger partial charge in [0.05, 0.1) is 6.10 Å². The number of benzene rings is 1. The normalized spacial score (nSPS) is 15.9. The molecule has 0 amide bonds. The van der Waals surface area contributed by atoms with E-state index in [0.29, 0.717) is 5.56 Å². The summed E-state index contributed by atoms with van der Waals surface area (Å²) in [6.45, 7) is 0. The Hall–Kier alpha value is -0.910. The number of halogens is 2. The van der Waals surface area contributed by atoms with Crippen LogP contribution in [0.15, 0.2) is 24.3 Å². The SMILES string of the molecule is OC(Cc1ccc(F)cc1F)c1cc2c(s1)CCSC2. The first-order chi connectivity index (χ1) is 9.63. The summed E-state index contributed by atoms with van der Waals surface area (Å²) in [5, 5.41) is 10.3. The second-order valence-electron chi connectivity index (χ2n) is 4.86. The summed E-state index contributed by atoms with van der Waals surface area (Å²) in [6.07, 6.45) is 0.497. The Bertz CT molecular complexity index is 601. The standard InChI is InChI=1S/C15H14F2OS2/c16-11-2-1-9(12(17)7-11)5-13(18)15-6-10-8-19-4-3-14(10)20-15/h1-2,6-7,13,18H,3-5,8H2. The van der Waals surface area contributed by atoms with E-state index in [4.69, 9.17) is 0 Å². The Morgan fingerprint density at radius 3 is 2.85 bits per heavy atom. The van der Waals surface area contributed by atoms with Gasteiger partial charge in [0.25, 0.3) is 0 Å². The van der Waals surface area contributed by atoms with Gasteiger partial charge in [-0.3, -0.25) is 0 Å². The van der Waals surface area contributed by atoms with Crippen LogP contribution in [0.5, 0.6) is 0 Å². The van der Waals surface area contributed by atoms with Gasteiger partial charge in [-0.25, -0.2) is 8.78 Å². The highest BCUT2D eigenvalue weighted by atomic mass is 32.2. The van der Waals surface area contributed by atoms with Gasteiger partial charge in [0.1, 0.15) is 11.6 Å². The second-order valence-corrected chi connectivity index (χ2v) is 7.13. The lowest BCUT2D eigenvalue weighted by molar-refractivity contribution is 0.181. The van der Waals surface area contributed by atoms with Crippen LogP contribution < -0.4 is 0 Å². The zero-order chi connectivity index (χ0) is 14.1. The maximum Gasteiger partial charge on any atom is 0.129 e. The van der Waals surface area contributed by atoms with E-state index in [0.717, 1.165) is 28.9 Å². The van der Waals surface area contributed by atoms with Gasteiger partial charge in [0.2, 0.25) is 0 Å². The van der Waals surface area contributed by atoms with Gasteiger partial charge in [0, 0.05) is 28.0 Å². The van der Waals surface area contributed by atoms with Gasteiger partial charge in [-0.15, -0.1) is 11.3 Å². The quantitative estimate of drug-likeness (QED) is 0.921. The van der Waals surface area contributed by atoms with Crippen LogP contribution in [-0.4, -0.2) is 10.9 Å². The average Bonchev–Trinajstić information content (AvgIpc) is 2.86. The summed E-state index contributed by atoms with van der Waals surface area (Å²) in [5.74, 6) is 0.921. The molecule has 0 fully saturated rings. The number of thioether (sulfide) groups is 1. The molecule has 106 valence electrons. The summed E-state index contributed by atoms with van der Waals surface area (Å²) in [4.78, 5) is 2.21. The van der Waals surface area contributed by atoms with Gasteiger partial charge < -0.3 is 5.11 Å². The van der Waals surface area contributed by atoms with Crippen molar-refractivity contribution >= 4 is 23.1 Å². The van der Waals surface area contributed by atoms with Crippen molar-refractivity contribution in [3.8, 4) is 0 Å². The fourth-order valence-corrected chi connectivity index (χ4v) is 4.69. The first kappa shape index (κ1) is 14.0. The summed E-state index contributed by atoms with van der Waals surface area (Å²) in [6, 6.07) is 5.51.